The van der Waals surface area contributed by atoms with E-state index in [9.17, 15) is 35.9 Å². The second-order valence-electron chi connectivity index (χ2n) is 12.8. The van der Waals surface area contributed by atoms with E-state index in [1.165, 1.54) is 17.4 Å². The summed E-state index contributed by atoms with van der Waals surface area (Å²) in [5.41, 5.74) is -2.08. The van der Waals surface area contributed by atoms with Gasteiger partial charge in [0.05, 0.1) is 23.0 Å². The predicted octanol–water partition coefficient (Wildman–Crippen LogP) is 7.16. The Hall–Kier alpha value is -3.80. The molecular formula is C34H35F6N3O3. The number of piperidine rings is 2. The van der Waals surface area contributed by atoms with Gasteiger partial charge in [0.1, 0.15) is 6.26 Å². The predicted molar refractivity (Wildman–Crippen MR) is 157 cm³/mol. The monoisotopic (exact) mass is 647 g/mol. The molecule has 6 rings (SSSR count). The fourth-order valence-corrected chi connectivity index (χ4v) is 7.40. The van der Waals surface area contributed by atoms with Gasteiger partial charge in [0.2, 0.25) is 0 Å². The van der Waals surface area contributed by atoms with E-state index in [1.54, 1.807) is 6.07 Å². The average molecular weight is 648 g/mol. The number of carbonyl (C=O) groups excluding carboxylic acids is 2. The topological polar surface area (TPSA) is 57.0 Å². The summed E-state index contributed by atoms with van der Waals surface area (Å²) in [6.07, 6.45) is -2.89. The molecule has 3 fully saturated rings. The van der Waals surface area contributed by atoms with Crippen molar-refractivity contribution in [2.45, 2.75) is 63.0 Å². The lowest BCUT2D eigenvalue weighted by Crippen LogP contribution is -2.53. The molecule has 1 aromatic heterocycles. The van der Waals surface area contributed by atoms with Crippen LogP contribution < -0.4 is 0 Å². The molecule has 2 amide bonds. The number of hydrogen-bond donors (Lipinski definition) is 0. The van der Waals surface area contributed by atoms with Gasteiger partial charge in [0, 0.05) is 43.8 Å². The number of hydrogen-bond acceptors (Lipinski definition) is 4. The summed E-state index contributed by atoms with van der Waals surface area (Å²) in [5.74, 6) is -0.870. The molecule has 3 aliphatic heterocycles. The number of carbonyl (C=O) groups is 2. The van der Waals surface area contributed by atoms with Gasteiger partial charge < -0.3 is 14.2 Å². The Morgan fingerprint density at radius 2 is 1.46 bits per heavy atom. The molecular weight excluding hydrogens is 612 g/mol. The van der Waals surface area contributed by atoms with Crippen LogP contribution in [0.15, 0.2) is 71.5 Å². The highest BCUT2D eigenvalue weighted by Gasteiger charge is 2.45. The zero-order chi connectivity index (χ0) is 32.7. The van der Waals surface area contributed by atoms with Crippen LogP contribution in [-0.4, -0.2) is 71.3 Å². The van der Waals surface area contributed by atoms with Crippen LogP contribution in [-0.2, 0) is 18.8 Å². The van der Waals surface area contributed by atoms with Gasteiger partial charge in [-0.25, -0.2) is 0 Å². The van der Waals surface area contributed by atoms with E-state index in [0.717, 1.165) is 37.9 Å². The maximum atomic E-state index is 13.7. The number of benzene rings is 2. The summed E-state index contributed by atoms with van der Waals surface area (Å²) in [4.78, 5) is 32.3. The number of amides is 2. The molecule has 3 saturated heterocycles. The molecule has 0 saturated carbocycles. The standard InChI is InChI=1S/C34H35F6N3O3/c35-33(36,37)26-17-25(18-27(19-26)34(38,39)40)31(45)43-11-6-28(20-29(43)16-23-4-2-1-3-5-23)42-14-10-32(22-42)8-12-41(13-9-32)30(44)24-7-15-46-21-24/h1-5,7,15,17-19,21,28-29H,6,8-14,16,20,22H2/t28-,29-/m1/s1. The van der Waals surface area contributed by atoms with E-state index in [-0.39, 0.29) is 30.0 Å². The van der Waals surface area contributed by atoms with Gasteiger partial charge >= 0.3 is 12.4 Å². The number of furan rings is 1. The molecule has 3 aromatic rings. The van der Waals surface area contributed by atoms with E-state index < -0.39 is 41.0 Å². The molecule has 0 aliphatic carbocycles. The minimum atomic E-state index is -5.04. The van der Waals surface area contributed by atoms with Crippen molar-refractivity contribution in [1.82, 2.24) is 14.7 Å². The second-order valence-corrected chi connectivity index (χ2v) is 12.8. The van der Waals surface area contributed by atoms with Crippen LogP contribution in [0, 0.1) is 5.41 Å². The van der Waals surface area contributed by atoms with Crippen molar-refractivity contribution in [2.24, 2.45) is 5.41 Å². The molecule has 1 spiro atoms. The van der Waals surface area contributed by atoms with Crippen molar-refractivity contribution < 1.29 is 40.3 Å². The van der Waals surface area contributed by atoms with Gasteiger partial charge in [-0.2, -0.15) is 26.3 Å². The van der Waals surface area contributed by atoms with Gasteiger partial charge in [-0.3, -0.25) is 14.5 Å². The molecule has 0 unspecified atom stereocenters. The number of alkyl halides is 6. The Morgan fingerprint density at radius 1 is 0.804 bits per heavy atom. The summed E-state index contributed by atoms with van der Waals surface area (Å²) < 4.78 is 86.6. The molecule has 0 bridgehead atoms. The zero-order valence-electron chi connectivity index (χ0n) is 25.1. The molecule has 4 heterocycles. The summed E-state index contributed by atoms with van der Waals surface area (Å²) in [6, 6.07) is 11.8. The Kier molecular flexibility index (Phi) is 8.69. The first-order chi connectivity index (χ1) is 21.8. The number of likely N-dealkylation sites (tertiary alicyclic amines) is 3. The molecule has 246 valence electrons. The van der Waals surface area contributed by atoms with Gasteiger partial charge in [-0.05, 0) is 80.3 Å². The molecule has 46 heavy (non-hydrogen) atoms. The van der Waals surface area contributed by atoms with Crippen molar-refractivity contribution in [3.8, 4) is 0 Å². The summed E-state index contributed by atoms with van der Waals surface area (Å²) in [7, 11) is 0. The van der Waals surface area contributed by atoms with Crippen LogP contribution in [0.3, 0.4) is 0 Å². The lowest BCUT2D eigenvalue weighted by molar-refractivity contribution is -0.143. The average Bonchev–Trinajstić information content (AvgIpc) is 3.72. The van der Waals surface area contributed by atoms with Gasteiger partial charge in [-0.1, -0.05) is 30.3 Å². The lowest BCUT2D eigenvalue weighted by atomic mass is 9.77. The summed E-state index contributed by atoms with van der Waals surface area (Å²) >= 11 is 0. The first-order valence-electron chi connectivity index (χ1n) is 15.5. The second kappa shape index (κ2) is 12.4. The molecule has 2 atom stereocenters. The number of halogens is 6. The van der Waals surface area contributed by atoms with Crippen molar-refractivity contribution in [3.63, 3.8) is 0 Å². The largest absolute Gasteiger partial charge is 0.472 e. The first-order valence-corrected chi connectivity index (χ1v) is 15.5. The Bertz CT molecular complexity index is 1500. The highest BCUT2D eigenvalue weighted by Crippen LogP contribution is 2.43. The van der Waals surface area contributed by atoms with E-state index in [4.69, 9.17) is 4.42 Å². The smallest absolute Gasteiger partial charge is 0.416 e. The van der Waals surface area contributed by atoms with Crippen LogP contribution in [0.25, 0.3) is 0 Å². The zero-order valence-corrected chi connectivity index (χ0v) is 25.1. The third-order valence-electron chi connectivity index (χ3n) is 9.96. The molecule has 3 aliphatic rings. The van der Waals surface area contributed by atoms with Gasteiger partial charge in [0.25, 0.3) is 11.8 Å². The molecule has 2 aromatic carbocycles. The summed E-state index contributed by atoms with van der Waals surface area (Å²) in [6.45, 7) is 3.22. The molecule has 12 heteroatoms. The summed E-state index contributed by atoms with van der Waals surface area (Å²) in [5, 5.41) is 0. The highest BCUT2D eigenvalue weighted by atomic mass is 19.4. The maximum absolute atomic E-state index is 13.7. The highest BCUT2D eigenvalue weighted by molar-refractivity contribution is 5.95. The Labute approximate surface area is 262 Å². The molecule has 0 N–H and O–H groups in total. The van der Waals surface area contributed by atoms with E-state index in [2.05, 4.69) is 4.90 Å². The SMILES string of the molecule is O=C(c1ccoc1)N1CCC2(CC1)CCN([C@@H]1CCN(C(=O)c3cc(C(F)(F)F)cc(C(F)(F)F)c3)[C@H](Cc3ccccc3)C1)C2. The van der Waals surface area contributed by atoms with E-state index in [0.29, 0.717) is 50.0 Å². The van der Waals surface area contributed by atoms with Crippen LogP contribution >= 0.6 is 0 Å². The minimum Gasteiger partial charge on any atom is -0.472 e. The van der Waals surface area contributed by atoms with Crippen LogP contribution in [0.4, 0.5) is 26.3 Å². The minimum absolute atomic E-state index is 0.0395. The molecule has 6 nitrogen and oxygen atoms in total. The quantitative estimate of drug-likeness (QED) is 0.276. The van der Waals surface area contributed by atoms with Crippen molar-refractivity contribution in [2.75, 3.05) is 32.7 Å². The number of rotatable bonds is 5. The van der Waals surface area contributed by atoms with Gasteiger partial charge in [0.15, 0.2) is 0 Å². The fourth-order valence-electron chi connectivity index (χ4n) is 7.40. The normalized spacial score (nSPS) is 22.4. The van der Waals surface area contributed by atoms with Crippen molar-refractivity contribution in [3.05, 3.63) is 94.9 Å². The lowest BCUT2D eigenvalue weighted by Gasteiger charge is -2.44. The van der Waals surface area contributed by atoms with Crippen LogP contribution in [0.1, 0.15) is 69.5 Å². The third-order valence-corrected chi connectivity index (χ3v) is 9.96. The van der Waals surface area contributed by atoms with Crippen molar-refractivity contribution >= 4 is 11.8 Å². The van der Waals surface area contributed by atoms with Crippen LogP contribution in [0.5, 0.6) is 0 Å². The third kappa shape index (κ3) is 6.82. The molecule has 0 radical (unpaired) electrons. The van der Waals surface area contributed by atoms with Crippen molar-refractivity contribution in [1.29, 1.82) is 0 Å². The van der Waals surface area contributed by atoms with Crippen LogP contribution in [0.2, 0.25) is 0 Å². The fraction of sp³-hybridized carbons (Fsp3) is 0.471. The van der Waals surface area contributed by atoms with E-state index >= 15 is 0 Å². The Morgan fingerprint density at radius 3 is 2.07 bits per heavy atom. The number of nitrogens with zero attached hydrogens (tertiary/aromatic N) is 3. The Balaban J connectivity index is 1.18. The maximum Gasteiger partial charge on any atom is 0.416 e. The first kappa shape index (κ1) is 32.2. The van der Waals surface area contributed by atoms with Gasteiger partial charge in [-0.15, -0.1) is 0 Å². The van der Waals surface area contributed by atoms with E-state index in [1.807, 2.05) is 35.2 Å².